The predicted octanol–water partition coefficient (Wildman–Crippen LogP) is 2.81. The van der Waals surface area contributed by atoms with Crippen molar-refractivity contribution in [2.45, 2.75) is 33.0 Å². The van der Waals surface area contributed by atoms with Crippen LogP contribution in [0.3, 0.4) is 0 Å². The molecule has 32 heavy (non-hydrogen) atoms. The van der Waals surface area contributed by atoms with E-state index in [1.807, 2.05) is 13.8 Å². The summed E-state index contributed by atoms with van der Waals surface area (Å²) < 4.78 is 70.1. The lowest BCUT2D eigenvalue weighted by Crippen LogP contribution is -2.34. The van der Waals surface area contributed by atoms with Gasteiger partial charge < -0.3 is 15.2 Å². The first-order valence-electron chi connectivity index (χ1n) is 9.69. The molecule has 2 heterocycles. The number of aryl methyl sites for hydroxylation is 1. The first-order valence-corrected chi connectivity index (χ1v) is 9.69. The minimum absolute atomic E-state index is 0.132. The average Bonchev–Trinajstić information content (AvgIpc) is 3.14. The Bertz CT molecular complexity index is 1220. The van der Waals surface area contributed by atoms with Crippen LogP contribution >= 0.6 is 0 Å². The monoisotopic (exact) mass is 456 g/mol. The summed E-state index contributed by atoms with van der Waals surface area (Å²) in [6.07, 6.45) is 3.15. The van der Waals surface area contributed by atoms with Gasteiger partial charge in [-0.1, -0.05) is 12.2 Å². The molecule has 3 rings (SSSR count). The van der Waals surface area contributed by atoms with Crippen LogP contribution in [-0.2, 0) is 13.1 Å². The second kappa shape index (κ2) is 9.07. The van der Waals surface area contributed by atoms with E-state index in [1.165, 1.54) is 6.20 Å². The van der Waals surface area contributed by atoms with Gasteiger partial charge in [0, 0.05) is 26.2 Å². The summed E-state index contributed by atoms with van der Waals surface area (Å²) in [5, 5.41) is 3.98. The zero-order valence-corrected chi connectivity index (χ0v) is 17.5. The lowest BCUT2D eigenvalue weighted by Gasteiger charge is -2.21. The summed E-state index contributed by atoms with van der Waals surface area (Å²) in [7, 11) is 1.79. The number of nitrogens with two attached hydrogens (primary N) is 1. The van der Waals surface area contributed by atoms with E-state index in [2.05, 4.69) is 10.1 Å². The molecule has 3 aromatic rings. The van der Waals surface area contributed by atoms with Crippen LogP contribution in [0.25, 0.3) is 17.1 Å². The fraction of sp³-hybridized carbons (Fsp3) is 0.350. The van der Waals surface area contributed by atoms with Crippen LogP contribution in [0.2, 0.25) is 0 Å². The van der Waals surface area contributed by atoms with E-state index in [9.17, 15) is 26.7 Å². The Morgan fingerprint density at radius 2 is 1.72 bits per heavy atom. The van der Waals surface area contributed by atoms with Crippen LogP contribution in [0, 0.1) is 29.1 Å². The normalized spacial score (nSPS) is 12.8. The van der Waals surface area contributed by atoms with Crippen molar-refractivity contribution in [3.05, 3.63) is 57.3 Å². The van der Waals surface area contributed by atoms with E-state index in [4.69, 9.17) is 5.73 Å². The highest BCUT2D eigenvalue weighted by Gasteiger charge is 2.24. The van der Waals surface area contributed by atoms with Crippen molar-refractivity contribution in [1.29, 1.82) is 0 Å². The van der Waals surface area contributed by atoms with Gasteiger partial charge in [-0.2, -0.15) is 5.10 Å². The highest BCUT2D eigenvalue weighted by Crippen LogP contribution is 2.24. The molecule has 0 bridgehead atoms. The smallest absolute Gasteiger partial charge is 0.293 e. The number of rotatable bonds is 7. The molecule has 172 valence electrons. The Morgan fingerprint density at radius 1 is 1.12 bits per heavy atom. The maximum atomic E-state index is 13.8. The fourth-order valence-corrected chi connectivity index (χ4v) is 3.35. The molecule has 1 atom stereocenters. The third-order valence-electron chi connectivity index (χ3n) is 4.76. The number of likely N-dealkylation sites (N-methyl/N-ethyl adjacent to an activating group) is 1. The molecule has 0 amide bonds. The molecule has 2 N–H and O–H groups in total. The van der Waals surface area contributed by atoms with Gasteiger partial charge in [0.2, 0.25) is 11.8 Å². The van der Waals surface area contributed by atoms with E-state index >= 15 is 0 Å². The molecule has 0 spiro atoms. The SMILES string of the molecule is CCn1c(N(C)CC(C)N)nc2cnn(C/C=C/c3c(F)c(F)c(F)c(F)c3F)c(=O)c21. The first kappa shape index (κ1) is 23.4. The Morgan fingerprint density at radius 3 is 2.28 bits per heavy atom. The second-order valence-corrected chi connectivity index (χ2v) is 7.27. The number of fused-ring (bicyclic) bond motifs is 1. The van der Waals surface area contributed by atoms with Gasteiger partial charge in [-0.05, 0) is 13.8 Å². The predicted molar refractivity (Wildman–Crippen MR) is 110 cm³/mol. The van der Waals surface area contributed by atoms with Gasteiger partial charge in [0.05, 0.1) is 18.3 Å². The van der Waals surface area contributed by atoms with Gasteiger partial charge >= 0.3 is 0 Å². The van der Waals surface area contributed by atoms with E-state index in [0.29, 0.717) is 30.6 Å². The highest BCUT2D eigenvalue weighted by atomic mass is 19.2. The quantitative estimate of drug-likeness (QED) is 0.336. The lowest BCUT2D eigenvalue weighted by atomic mass is 10.1. The summed E-state index contributed by atoms with van der Waals surface area (Å²) in [6, 6.07) is -0.132. The largest absolute Gasteiger partial charge is 0.344 e. The van der Waals surface area contributed by atoms with Crippen LogP contribution in [0.5, 0.6) is 0 Å². The lowest BCUT2D eigenvalue weighted by molar-refractivity contribution is 0.377. The molecule has 0 radical (unpaired) electrons. The summed E-state index contributed by atoms with van der Waals surface area (Å²) in [4.78, 5) is 19.2. The minimum Gasteiger partial charge on any atom is -0.344 e. The second-order valence-electron chi connectivity index (χ2n) is 7.27. The van der Waals surface area contributed by atoms with Crippen LogP contribution in [0.15, 0.2) is 17.1 Å². The van der Waals surface area contributed by atoms with Crippen LogP contribution in [-0.4, -0.2) is 39.0 Å². The summed E-state index contributed by atoms with van der Waals surface area (Å²) in [5.41, 5.74) is 4.82. The minimum atomic E-state index is -2.24. The Kier molecular flexibility index (Phi) is 6.63. The molecule has 12 heteroatoms. The molecule has 7 nitrogen and oxygen atoms in total. The van der Waals surface area contributed by atoms with Crippen molar-refractivity contribution in [3.8, 4) is 0 Å². The Labute approximate surface area is 179 Å². The number of hydrogen-bond acceptors (Lipinski definition) is 5. The number of benzene rings is 1. The number of aromatic nitrogens is 4. The van der Waals surface area contributed by atoms with Crippen molar-refractivity contribution in [3.63, 3.8) is 0 Å². The molecule has 0 saturated carbocycles. The van der Waals surface area contributed by atoms with Crippen LogP contribution in [0.1, 0.15) is 19.4 Å². The zero-order chi connectivity index (χ0) is 23.7. The van der Waals surface area contributed by atoms with Gasteiger partial charge in [0.15, 0.2) is 23.3 Å². The maximum Gasteiger partial charge on any atom is 0.293 e. The third kappa shape index (κ3) is 4.09. The van der Waals surface area contributed by atoms with Gasteiger partial charge in [-0.25, -0.2) is 31.6 Å². The number of nitrogens with zero attached hydrogens (tertiary/aromatic N) is 5. The summed E-state index contributed by atoms with van der Waals surface area (Å²) >= 11 is 0. The van der Waals surface area contributed by atoms with E-state index in [1.54, 1.807) is 16.5 Å². The van der Waals surface area contributed by atoms with Crippen LogP contribution in [0.4, 0.5) is 27.9 Å². The first-order chi connectivity index (χ1) is 15.1. The summed E-state index contributed by atoms with van der Waals surface area (Å²) in [6.45, 7) is 4.32. The summed E-state index contributed by atoms with van der Waals surface area (Å²) in [5.74, 6) is -9.73. The van der Waals surface area contributed by atoms with Crippen molar-refractivity contribution < 1.29 is 22.0 Å². The van der Waals surface area contributed by atoms with Gasteiger partial charge in [-0.3, -0.25) is 4.79 Å². The third-order valence-corrected chi connectivity index (χ3v) is 4.76. The van der Waals surface area contributed by atoms with Crippen molar-refractivity contribution in [1.82, 2.24) is 19.3 Å². The molecule has 0 fully saturated rings. The van der Waals surface area contributed by atoms with E-state index in [-0.39, 0.29) is 18.1 Å². The van der Waals surface area contributed by atoms with Crippen molar-refractivity contribution in [2.24, 2.45) is 5.73 Å². The standard InChI is InChI=1S/C20H21F5N6O/c1-4-30-18-12(28-20(30)29(3)9-10(2)26)8-27-31(19(18)32)7-5-6-11-13(21)15(23)17(25)16(24)14(11)22/h5-6,8,10H,4,7,9,26H2,1-3H3/b6-5+. The highest BCUT2D eigenvalue weighted by molar-refractivity contribution is 5.77. The molecular formula is C20H21F5N6O. The van der Waals surface area contributed by atoms with Crippen molar-refractivity contribution in [2.75, 3.05) is 18.5 Å². The molecule has 1 unspecified atom stereocenters. The number of allylic oxidation sites excluding steroid dienone is 1. The van der Waals surface area contributed by atoms with Crippen molar-refractivity contribution >= 4 is 23.1 Å². The number of halogens is 5. The molecule has 0 saturated heterocycles. The van der Waals surface area contributed by atoms with Gasteiger partial charge in [0.1, 0.15) is 11.0 Å². The van der Waals surface area contributed by atoms with Gasteiger partial charge in [-0.15, -0.1) is 0 Å². The average molecular weight is 456 g/mol. The number of hydrogen-bond donors (Lipinski definition) is 1. The molecule has 1 aromatic carbocycles. The molecule has 0 aliphatic heterocycles. The molecular weight excluding hydrogens is 435 g/mol. The molecule has 0 aliphatic carbocycles. The van der Waals surface area contributed by atoms with Crippen LogP contribution < -0.4 is 16.2 Å². The Hall–Kier alpha value is -3.28. The maximum absolute atomic E-state index is 13.8. The molecule has 0 aliphatic rings. The van der Waals surface area contributed by atoms with Gasteiger partial charge in [0.25, 0.3) is 5.56 Å². The fourth-order valence-electron chi connectivity index (χ4n) is 3.35. The number of anilines is 1. The van der Waals surface area contributed by atoms with E-state index in [0.717, 1.165) is 10.8 Å². The Balaban J connectivity index is 1.98. The van der Waals surface area contributed by atoms with E-state index < -0.39 is 40.2 Å². The topological polar surface area (TPSA) is 82.0 Å². The number of imidazole rings is 1. The zero-order valence-electron chi connectivity index (χ0n) is 17.5. The molecule has 2 aromatic heterocycles.